The van der Waals surface area contributed by atoms with Crippen molar-refractivity contribution in [2.24, 2.45) is 0 Å². The number of nitrogen functional groups attached to an aromatic ring is 1. The van der Waals surface area contributed by atoms with Gasteiger partial charge in [0.05, 0.1) is 13.2 Å². The lowest BCUT2D eigenvalue weighted by molar-refractivity contribution is -0.0627. The van der Waals surface area contributed by atoms with E-state index in [9.17, 15) is 9.90 Å². The van der Waals surface area contributed by atoms with Crippen LogP contribution in [0.4, 0.5) is 5.82 Å². The van der Waals surface area contributed by atoms with Crippen LogP contribution in [0.1, 0.15) is 6.42 Å². The van der Waals surface area contributed by atoms with E-state index in [4.69, 9.17) is 15.9 Å². The predicted octanol–water partition coefficient (Wildman–Crippen LogP) is -2.07. The van der Waals surface area contributed by atoms with Gasteiger partial charge in [-0.2, -0.15) is 4.98 Å². The highest BCUT2D eigenvalue weighted by atomic mass is 16.4. The molecule has 7 heteroatoms. The third-order valence-corrected chi connectivity index (χ3v) is 2.30. The van der Waals surface area contributed by atoms with E-state index < -0.39 is 24.5 Å². The average molecular weight is 229 g/mol. The summed E-state index contributed by atoms with van der Waals surface area (Å²) >= 11 is 0. The minimum atomic E-state index is -1.58. The Morgan fingerprint density at radius 3 is 2.56 bits per heavy atom. The SMILES string of the molecule is Nc1ccn(CCC(O)(CO)CO)c(=O)n1. The van der Waals surface area contributed by atoms with Crippen molar-refractivity contribution in [3.8, 4) is 0 Å². The number of aliphatic hydroxyl groups is 3. The highest BCUT2D eigenvalue weighted by molar-refractivity contribution is 5.23. The van der Waals surface area contributed by atoms with Gasteiger partial charge in [0.25, 0.3) is 0 Å². The molecular formula is C9H15N3O4. The Morgan fingerprint density at radius 2 is 2.06 bits per heavy atom. The van der Waals surface area contributed by atoms with E-state index in [0.717, 1.165) is 0 Å². The smallest absolute Gasteiger partial charge is 0.349 e. The van der Waals surface area contributed by atoms with Crippen LogP contribution in [0.2, 0.25) is 0 Å². The van der Waals surface area contributed by atoms with Crippen LogP contribution in [-0.4, -0.2) is 43.7 Å². The van der Waals surface area contributed by atoms with Crippen LogP contribution in [0.15, 0.2) is 17.1 Å². The lowest BCUT2D eigenvalue weighted by Crippen LogP contribution is -2.39. The van der Waals surface area contributed by atoms with Gasteiger partial charge in [0.1, 0.15) is 11.4 Å². The zero-order valence-electron chi connectivity index (χ0n) is 8.70. The minimum absolute atomic E-state index is 0.0471. The lowest BCUT2D eigenvalue weighted by atomic mass is 10.0. The van der Waals surface area contributed by atoms with Crippen LogP contribution in [0.25, 0.3) is 0 Å². The van der Waals surface area contributed by atoms with Crippen molar-refractivity contribution in [3.63, 3.8) is 0 Å². The number of anilines is 1. The molecular weight excluding hydrogens is 214 g/mol. The van der Waals surface area contributed by atoms with Gasteiger partial charge in [-0.15, -0.1) is 0 Å². The van der Waals surface area contributed by atoms with Crippen LogP contribution in [0.5, 0.6) is 0 Å². The first-order valence-corrected chi connectivity index (χ1v) is 4.78. The molecule has 0 aliphatic heterocycles. The summed E-state index contributed by atoms with van der Waals surface area (Å²) in [5.41, 5.74) is 3.20. The molecule has 1 aromatic rings. The summed E-state index contributed by atoms with van der Waals surface area (Å²) in [6.07, 6.45) is 1.49. The summed E-state index contributed by atoms with van der Waals surface area (Å²) in [5.74, 6) is 0.126. The normalized spacial score (nSPS) is 11.7. The molecule has 16 heavy (non-hydrogen) atoms. The molecule has 0 atom stereocenters. The minimum Gasteiger partial charge on any atom is -0.393 e. The highest BCUT2D eigenvalue weighted by Crippen LogP contribution is 2.09. The third-order valence-electron chi connectivity index (χ3n) is 2.30. The first-order chi connectivity index (χ1) is 7.50. The van der Waals surface area contributed by atoms with E-state index in [2.05, 4.69) is 4.98 Å². The number of hydrogen-bond donors (Lipinski definition) is 4. The summed E-state index contributed by atoms with van der Waals surface area (Å²) < 4.78 is 1.24. The average Bonchev–Trinajstić information content (AvgIpc) is 2.27. The number of aliphatic hydroxyl groups excluding tert-OH is 2. The Hall–Kier alpha value is -1.44. The van der Waals surface area contributed by atoms with E-state index in [0.29, 0.717) is 0 Å². The predicted molar refractivity (Wildman–Crippen MR) is 56.6 cm³/mol. The molecule has 0 saturated carbocycles. The summed E-state index contributed by atoms with van der Waals surface area (Å²) in [6.45, 7) is -0.995. The molecule has 1 rings (SSSR count). The zero-order valence-corrected chi connectivity index (χ0v) is 8.70. The molecule has 0 saturated heterocycles. The van der Waals surface area contributed by atoms with Gasteiger partial charge < -0.3 is 21.1 Å². The largest absolute Gasteiger partial charge is 0.393 e. The van der Waals surface area contributed by atoms with Crippen molar-refractivity contribution < 1.29 is 15.3 Å². The topological polar surface area (TPSA) is 122 Å². The van der Waals surface area contributed by atoms with Gasteiger partial charge in [-0.1, -0.05) is 0 Å². The van der Waals surface area contributed by atoms with E-state index >= 15 is 0 Å². The molecule has 90 valence electrons. The van der Waals surface area contributed by atoms with E-state index in [1.165, 1.54) is 16.8 Å². The number of nitrogens with two attached hydrogens (primary N) is 1. The van der Waals surface area contributed by atoms with Crippen LogP contribution in [0.3, 0.4) is 0 Å². The van der Waals surface area contributed by atoms with Crippen LogP contribution in [0, 0.1) is 0 Å². The summed E-state index contributed by atoms with van der Waals surface area (Å²) in [6, 6.07) is 1.46. The Bertz CT molecular complexity index is 400. The lowest BCUT2D eigenvalue weighted by Gasteiger charge is -2.23. The highest BCUT2D eigenvalue weighted by Gasteiger charge is 2.24. The molecule has 0 radical (unpaired) electrons. The monoisotopic (exact) mass is 229 g/mol. The van der Waals surface area contributed by atoms with Crippen molar-refractivity contribution in [1.29, 1.82) is 0 Å². The first-order valence-electron chi connectivity index (χ1n) is 4.78. The maximum atomic E-state index is 11.3. The van der Waals surface area contributed by atoms with Gasteiger partial charge in [-0.3, -0.25) is 4.57 Å². The molecule has 0 fully saturated rings. The van der Waals surface area contributed by atoms with Crippen LogP contribution in [-0.2, 0) is 6.54 Å². The molecule has 5 N–H and O–H groups in total. The van der Waals surface area contributed by atoms with Crippen molar-refractivity contribution in [1.82, 2.24) is 9.55 Å². The van der Waals surface area contributed by atoms with E-state index in [1.807, 2.05) is 0 Å². The number of rotatable bonds is 5. The Morgan fingerprint density at radius 1 is 1.44 bits per heavy atom. The molecule has 7 nitrogen and oxygen atoms in total. The molecule has 1 aromatic heterocycles. The number of aryl methyl sites for hydroxylation is 1. The Kier molecular flexibility index (Phi) is 3.99. The van der Waals surface area contributed by atoms with Gasteiger partial charge in [-0.05, 0) is 12.5 Å². The number of hydrogen-bond acceptors (Lipinski definition) is 6. The van der Waals surface area contributed by atoms with Gasteiger partial charge in [0.2, 0.25) is 0 Å². The molecule has 0 bridgehead atoms. The van der Waals surface area contributed by atoms with Crippen molar-refractivity contribution in [3.05, 3.63) is 22.7 Å². The first kappa shape index (κ1) is 12.6. The van der Waals surface area contributed by atoms with Gasteiger partial charge >= 0.3 is 5.69 Å². The fourth-order valence-corrected chi connectivity index (χ4v) is 1.15. The van der Waals surface area contributed by atoms with Crippen LogP contribution < -0.4 is 11.4 Å². The maximum Gasteiger partial charge on any atom is 0.349 e. The van der Waals surface area contributed by atoms with Crippen molar-refractivity contribution in [2.45, 2.75) is 18.6 Å². The summed E-state index contributed by atoms with van der Waals surface area (Å²) in [7, 11) is 0. The van der Waals surface area contributed by atoms with Crippen molar-refractivity contribution >= 4 is 5.82 Å². The fourth-order valence-electron chi connectivity index (χ4n) is 1.15. The van der Waals surface area contributed by atoms with Crippen molar-refractivity contribution in [2.75, 3.05) is 18.9 Å². The number of nitrogens with zero attached hydrogens (tertiary/aromatic N) is 2. The Balaban J connectivity index is 2.71. The zero-order chi connectivity index (χ0) is 12.2. The molecule has 0 spiro atoms. The van der Waals surface area contributed by atoms with Crippen LogP contribution >= 0.6 is 0 Å². The van der Waals surface area contributed by atoms with E-state index in [-0.39, 0.29) is 18.8 Å². The second-order valence-corrected chi connectivity index (χ2v) is 3.62. The maximum absolute atomic E-state index is 11.3. The molecule has 1 heterocycles. The summed E-state index contributed by atoms with van der Waals surface area (Å²) in [5, 5.41) is 27.3. The van der Waals surface area contributed by atoms with Gasteiger partial charge in [0, 0.05) is 12.7 Å². The molecule has 0 amide bonds. The Labute approximate surface area is 91.8 Å². The standard InChI is InChI=1S/C9H15N3O4/c10-7-1-3-12(8(15)11-7)4-2-9(16,5-13)6-14/h1,3,13-14,16H,2,4-6H2,(H2,10,11,15). The van der Waals surface area contributed by atoms with E-state index in [1.54, 1.807) is 0 Å². The second kappa shape index (κ2) is 5.06. The second-order valence-electron chi connectivity index (χ2n) is 3.62. The molecule has 0 aliphatic rings. The number of aromatic nitrogens is 2. The molecule has 0 unspecified atom stereocenters. The van der Waals surface area contributed by atoms with Gasteiger partial charge in [0.15, 0.2) is 0 Å². The van der Waals surface area contributed by atoms with Gasteiger partial charge in [-0.25, -0.2) is 4.79 Å². The fraction of sp³-hybridized carbons (Fsp3) is 0.556. The molecule has 0 aliphatic carbocycles. The third kappa shape index (κ3) is 3.02. The molecule has 0 aromatic carbocycles. The summed E-state index contributed by atoms with van der Waals surface area (Å²) in [4.78, 5) is 14.8. The quantitative estimate of drug-likeness (QED) is 0.460.